The van der Waals surface area contributed by atoms with E-state index in [4.69, 9.17) is 5.73 Å². The minimum absolute atomic E-state index is 0.0625. The van der Waals surface area contributed by atoms with Gasteiger partial charge in [-0.1, -0.05) is 6.07 Å². The van der Waals surface area contributed by atoms with Crippen LogP contribution in [-0.2, 0) is 22.6 Å². The predicted octanol–water partition coefficient (Wildman–Crippen LogP) is 0.716. The molecule has 0 unspecified atom stereocenters. The maximum Gasteiger partial charge on any atom is 0.255 e. The predicted molar refractivity (Wildman–Crippen MR) is 128 cm³/mol. The molecule has 0 radical (unpaired) electrons. The van der Waals surface area contributed by atoms with Gasteiger partial charge >= 0.3 is 0 Å². The van der Waals surface area contributed by atoms with Gasteiger partial charge in [0.05, 0.1) is 11.6 Å². The Morgan fingerprint density at radius 3 is 2.44 bits per heavy atom. The molecule has 10 nitrogen and oxygen atoms in total. The fourth-order valence-corrected chi connectivity index (χ4v) is 6.64. The number of benzene rings is 1. The number of carbonyl (C=O) groups excluding carboxylic acids is 3. The Morgan fingerprint density at radius 1 is 1.17 bits per heavy atom. The molecule has 1 heterocycles. The molecule has 0 saturated carbocycles. The molecule has 0 spiro atoms. The maximum atomic E-state index is 13.7. The highest BCUT2D eigenvalue weighted by atomic mass is 16.3. The summed E-state index contributed by atoms with van der Waals surface area (Å²) in [6.45, 7) is 2.54. The number of amides is 1. The van der Waals surface area contributed by atoms with E-state index in [0.29, 0.717) is 18.5 Å². The molecule has 1 aromatic carbocycles. The van der Waals surface area contributed by atoms with E-state index in [2.05, 4.69) is 4.90 Å². The normalized spacial score (nSPS) is 30.5. The van der Waals surface area contributed by atoms with Gasteiger partial charge in [0.25, 0.3) is 5.91 Å². The summed E-state index contributed by atoms with van der Waals surface area (Å²) >= 11 is 0. The molecular formula is C26H31N3O7. The van der Waals surface area contributed by atoms with Crippen molar-refractivity contribution in [2.24, 2.45) is 17.6 Å². The zero-order valence-corrected chi connectivity index (χ0v) is 20.3. The topological polar surface area (TPSA) is 165 Å². The molecule has 5 rings (SSSR count). The van der Waals surface area contributed by atoms with E-state index in [0.717, 1.165) is 31.5 Å². The number of Topliss-reactive ketones (excluding diaryl/α,β-unsaturated/α-hetero) is 2. The van der Waals surface area contributed by atoms with Crippen LogP contribution >= 0.6 is 0 Å². The quantitative estimate of drug-likeness (QED) is 0.377. The van der Waals surface area contributed by atoms with E-state index in [9.17, 15) is 34.8 Å². The maximum absolute atomic E-state index is 13.7. The lowest BCUT2D eigenvalue weighted by atomic mass is 9.58. The van der Waals surface area contributed by atoms with Gasteiger partial charge in [-0.15, -0.1) is 0 Å². The SMILES string of the molecule is CN(C)[C@@H]1C(O)=C(C(N)=O)C(=O)[C@@]2(O)C(O)=C3C(=O)c4c(O)ccc(CN5CCCC5)c4C[C@H]3C[C@@H]12. The number of phenols is 1. The van der Waals surface area contributed by atoms with E-state index >= 15 is 0 Å². The summed E-state index contributed by atoms with van der Waals surface area (Å²) in [5.74, 6) is -6.35. The second kappa shape index (κ2) is 8.43. The van der Waals surface area contributed by atoms with Crippen LogP contribution in [0, 0.1) is 11.8 Å². The summed E-state index contributed by atoms with van der Waals surface area (Å²) in [6, 6.07) is 2.28. The van der Waals surface area contributed by atoms with Gasteiger partial charge in [0, 0.05) is 18.0 Å². The van der Waals surface area contributed by atoms with Crippen LogP contribution in [0.4, 0.5) is 0 Å². The molecule has 1 amide bonds. The van der Waals surface area contributed by atoms with Gasteiger partial charge in [-0.25, -0.2) is 0 Å². The van der Waals surface area contributed by atoms with Crippen molar-refractivity contribution < 1.29 is 34.8 Å². The number of allylic oxidation sites excluding steroid dienone is 1. The van der Waals surface area contributed by atoms with Gasteiger partial charge in [0.15, 0.2) is 11.4 Å². The van der Waals surface area contributed by atoms with Gasteiger partial charge in [0.2, 0.25) is 5.78 Å². The molecule has 1 saturated heterocycles. The average molecular weight is 498 g/mol. The number of nitrogens with zero attached hydrogens (tertiary/aromatic N) is 2. The van der Waals surface area contributed by atoms with Crippen LogP contribution < -0.4 is 5.73 Å². The number of fused-ring (bicyclic) bond motifs is 3. The number of carbonyl (C=O) groups is 3. The molecule has 3 aliphatic carbocycles. The van der Waals surface area contributed by atoms with E-state index in [-0.39, 0.29) is 23.3 Å². The smallest absolute Gasteiger partial charge is 0.255 e. The standard InChI is InChI=1S/C26H31N3O7/c1-28(2)20-15-10-13-9-14-12(11-29-7-3-4-8-29)5-6-16(30)18(14)21(31)17(13)23(33)26(15,36)24(34)19(22(20)32)25(27)35/h5-6,13,15,20,30,32-33,36H,3-4,7-11H2,1-2H3,(H2,27,35)/t13-,15-,20-,26-/m0/s1. The monoisotopic (exact) mass is 497 g/mol. The molecular weight excluding hydrogens is 466 g/mol. The van der Waals surface area contributed by atoms with Gasteiger partial charge < -0.3 is 26.2 Å². The third kappa shape index (κ3) is 3.31. The molecule has 1 aromatic rings. The highest BCUT2D eigenvalue weighted by Crippen LogP contribution is 2.52. The lowest BCUT2D eigenvalue weighted by molar-refractivity contribution is -0.148. The molecule has 6 N–H and O–H groups in total. The number of likely N-dealkylation sites (N-methyl/N-ethyl adjacent to an activating group) is 1. The lowest BCUT2D eigenvalue weighted by Gasteiger charge is -2.50. The third-order valence-corrected chi connectivity index (χ3v) is 8.30. The van der Waals surface area contributed by atoms with Crippen LogP contribution in [0.3, 0.4) is 0 Å². The van der Waals surface area contributed by atoms with Crippen molar-refractivity contribution in [3.8, 4) is 5.75 Å². The highest BCUT2D eigenvalue weighted by molar-refractivity contribution is 6.24. The van der Waals surface area contributed by atoms with Gasteiger partial charge in [-0.2, -0.15) is 0 Å². The second-order valence-corrected chi connectivity index (χ2v) is 10.5. The first-order valence-corrected chi connectivity index (χ1v) is 12.2. The number of aliphatic hydroxyl groups excluding tert-OH is 2. The van der Waals surface area contributed by atoms with Crippen molar-refractivity contribution >= 4 is 17.5 Å². The van der Waals surface area contributed by atoms with E-state index in [1.54, 1.807) is 19.0 Å². The fraction of sp³-hybridized carbons (Fsp3) is 0.500. The zero-order chi connectivity index (χ0) is 26.1. The van der Waals surface area contributed by atoms with Gasteiger partial charge in [-0.3, -0.25) is 24.2 Å². The molecule has 36 heavy (non-hydrogen) atoms. The van der Waals surface area contributed by atoms with Crippen molar-refractivity contribution in [1.29, 1.82) is 0 Å². The number of aromatic hydroxyl groups is 1. The summed E-state index contributed by atoms with van der Waals surface area (Å²) in [5, 5.41) is 44.4. The molecule has 4 aliphatic rings. The molecule has 1 fully saturated rings. The van der Waals surface area contributed by atoms with Crippen molar-refractivity contribution in [2.75, 3.05) is 27.2 Å². The molecule has 10 heteroatoms. The fourth-order valence-electron chi connectivity index (χ4n) is 6.64. The Labute approximate surface area is 208 Å². The minimum Gasteiger partial charge on any atom is -0.510 e. The van der Waals surface area contributed by atoms with Crippen molar-refractivity contribution in [3.63, 3.8) is 0 Å². The third-order valence-electron chi connectivity index (χ3n) is 8.30. The molecule has 1 aliphatic heterocycles. The van der Waals surface area contributed by atoms with Crippen LogP contribution in [0.25, 0.3) is 0 Å². The molecule has 192 valence electrons. The number of aliphatic hydroxyl groups is 3. The largest absolute Gasteiger partial charge is 0.510 e. The summed E-state index contributed by atoms with van der Waals surface area (Å²) in [4.78, 5) is 42.9. The Hall–Kier alpha value is -3.21. The van der Waals surface area contributed by atoms with Crippen LogP contribution in [-0.4, -0.2) is 86.5 Å². The van der Waals surface area contributed by atoms with E-state index < -0.39 is 58.0 Å². The number of ketones is 2. The van der Waals surface area contributed by atoms with Gasteiger partial charge in [0.1, 0.15) is 22.8 Å². The lowest BCUT2D eigenvalue weighted by Crippen LogP contribution is -2.63. The number of primary amides is 1. The first-order chi connectivity index (χ1) is 17.0. The summed E-state index contributed by atoms with van der Waals surface area (Å²) < 4.78 is 0. The van der Waals surface area contributed by atoms with Crippen molar-refractivity contribution in [1.82, 2.24) is 9.80 Å². The van der Waals surface area contributed by atoms with Crippen LogP contribution in [0.2, 0.25) is 0 Å². The highest BCUT2D eigenvalue weighted by Gasteiger charge is 2.63. The molecule has 4 atom stereocenters. The molecule has 0 aromatic heterocycles. The zero-order valence-electron chi connectivity index (χ0n) is 20.3. The molecule has 0 bridgehead atoms. The Bertz CT molecular complexity index is 1240. The van der Waals surface area contributed by atoms with Crippen LogP contribution in [0.1, 0.15) is 40.7 Å². The first kappa shape index (κ1) is 24.5. The van der Waals surface area contributed by atoms with Crippen LogP contribution in [0.15, 0.2) is 34.8 Å². The van der Waals surface area contributed by atoms with E-state index in [1.165, 1.54) is 6.07 Å². The minimum atomic E-state index is -2.62. The average Bonchev–Trinajstić information content (AvgIpc) is 3.31. The van der Waals surface area contributed by atoms with Crippen LogP contribution in [0.5, 0.6) is 5.75 Å². The number of nitrogens with two attached hydrogens (primary N) is 1. The number of hydrogen-bond donors (Lipinski definition) is 5. The first-order valence-electron chi connectivity index (χ1n) is 12.2. The summed E-state index contributed by atoms with van der Waals surface area (Å²) in [7, 11) is 3.22. The number of hydrogen-bond acceptors (Lipinski definition) is 9. The summed E-state index contributed by atoms with van der Waals surface area (Å²) in [5.41, 5.74) is 3.47. The Kier molecular flexibility index (Phi) is 5.73. The number of phenolic OH excluding ortho intramolecular Hbond substituents is 1. The summed E-state index contributed by atoms with van der Waals surface area (Å²) in [6.07, 6.45) is 2.61. The number of rotatable bonds is 4. The second-order valence-electron chi connectivity index (χ2n) is 10.5. The Balaban J connectivity index is 1.66. The number of likely N-dealkylation sites (tertiary alicyclic amines) is 1. The van der Waals surface area contributed by atoms with E-state index in [1.807, 2.05) is 6.07 Å². The Morgan fingerprint density at radius 2 is 1.83 bits per heavy atom. The van der Waals surface area contributed by atoms with Crippen molar-refractivity contribution in [2.45, 2.75) is 43.9 Å². The van der Waals surface area contributed by atoms with Gasteiger partial charge in [-0.05, 0) is 76.0 Å². The van der Waals surface area contributed by atoms with Crippen molar-refractivity contribution in [3.05, 3.63) is 51.5 Å².